The Hall–Kier alpha value is -1.87. The van der Waals surface area contributed by atoms with Crippen molar-refractivity contribution in [2.45, 2.75) is 27.2 Å². The molecule has 0 N–H and O–H groups in total. The molecule has 0 spiro atoms. The highest BCUT2D eigenvalue weighted by Crippen LogP contribution is 2.29. The van der Waals surface area contributed by atoms with Gasteiger partial charge >= 0.3 is 0 Å². The summed E-state index contributed by atoms with van der Waals surface area (Å²) in [5.74, 6) is -0.173. The molecule has 0 aliphatic rings. The molecular weight excluding hydrogens is 311 g/mol. The zero-order valence-corrected chi connectivity index (χ0v) is 14.8. The van der Waals surface area contributed by atoms with Gasteiger partial charge in [0.2, 0.25) is 0 Å². The van der Waals surface area contributed by atoms with Crippen molar-refractivity contribution in [3.8, 4) is 0 Å². The van der Waals surface area contributed by atoms with E-state index in [-0.39, 0.29) is 5.82 Å². The van der Waals surface area contributed by atoms with Gasteiger partial charge in [-0.2, -0.15) is 0 Å². The molecule has 4 heteroatoms. The highest BCUT2D eigenvalue weighted by atomic mass is 35.5. The molecule has 2 aromatic rings. The first kappa shape index (κ1) is 17.5. The van der Waals surface area contributed by atoms with Crippen LogP contribution in [0.15, 0.2) is 35.3 Å². The normalized spacial score (nSPS) is 11.2. The Bertz CT molecular complexity index is 726. The number of aliphatic imine (C=N–C) groups is 1. The Balaban J connectivity index is 2.25. The molecule has 0 radical (unpaired) electrons. The van der Waals surface area contributed by atoms with Gasteiger partial charge in [0.1, 0.15) is 5.82 Å². The number of hydrogen-bond acceptors (Lipinski definition) is 1. The van der Waals surface area contributed by atoms with Gasteiger partial charge in [0.25, 0.3) is 0 Å². The highest BCUT2D eigenvalue weighted by molar-refractivity contribution is 6.33. The molecule has 0 atom stereocenters. The van der Waals surface area contributed by atoms with Crippen molar-refractivity contribution in [3.63, 3.8) is 0 Å². The summed E-state index contributed by atoms with van der Waals surface area (Å²) >= 11 is 6.36. The van der Waals surface area contributed by atoms with Crippen molar-refractivity contribution in [3.05, 3.63) is 63.4 Å². The van der Waals surface area contributed by atoms with E-state index in [4.69, 9.17) is 11.6 Å². The quantitative estimate of drug-likeness (QED) is 0.536. The van der Waals surface area contributed by atoms with E-state index in [2.05, 4.69) is 11.9 Å². The lowest BCUT2D eigenvalue weighted by molar-refractivity contribution is 0.552. The third-order valence-electron chi connectivity index (χ3n) is 3.92. The van der Waals surface area contributed by atoms with Crippen LogP contribution in [0, 0.1) is 19.7 Å². The molecule has 0 saturated heterocycles. The van der Waals surface area contributed by atoms with Gasteiger partial charge in [0.05, 0.1) is 17.0 Å². The number of aryl methyl sites for hydroxylation is 2. The third-order valence-corrected chi connectivity index (χ3v) is 4.22. The van der Waals surface area contributed by atoms with Gasteiger partial charge in [0, 0.05) is 13.6 Å². The fourth-order valence-corrected chi connectivity index (χ4v) is 2.51. The smallest absolute Gasteiger partial charge is 0.126 e. The predicted molar refractivity (Wildman–Crippen MR) is 96.6 cm³/mol. The highest BCUT2D eigenvalue weighted by Gasteiger charge is 2.07. The van der Waals surface area contributed by atoms with Gasteiger partial charge < -0.3 is 4.90 Å². The second-order valence-corrected chi connectivity index (χ2v) is 6.22. The lowest BCUT2D eigenvalue weighted by Crippen LogP contribution is -2.14. The van der Waals surface area contributed by atoms with E-state index in [0.717, 1.165) is 35.3 Å². The van der Waals surface area contributed by atoms with E-state index >= 15 is 0 Å². The minimum atomic E-state index is -0.173. The topological polar surface area (TPSA) is 15.6 Å². The predicted octanol–water partition coefficient (Wildman–Crippen LogP) is 5.30. The van der Waals surface area contributed by atoms with Crippen LogP contribution in [0.25, 0.3) is 0 Å². The number of benzene rings is 2. The molecule has 0 aliphatic carbocycles. The van der Waals surface area contributed by atoms with Crippen molar-refractivity contribution in [2.24, 2.45) is 4.99 Å². The molecular formula is C19H22ClFN2. The lowest BCUT2D eigenvalue weighted by Gasteiger charge is -2.11. The Kier molecular flexibility index (Phi) is 5.78. The van der Waals surface area contributed by atoms with Crippen LogP contribution in [0.1, 0.15) is 29.2 Å². The maximum Gasteiger partial charge on any atom is 0.126 e. The summed E-state index contributed by atoms with van der Waals surface area (Å²) in [6.45, 7) is 6.78. The van der Waals surface area contributed by atoms with Gasteiger partial charge in [0.15, 0.2) is 0 Å². The van der Waals surface area contributed by atoms with E-state index in [1.165, 1.54) is 6.07 Å². The van der Waals surface area contributed by atoms with Gasteiger partial charge in [-0.1, -0.05) is 23.7 Å². The van der Waals surface area contributed by atoms with E-state index in [1.54, 1.807) is 13.3 Å². The summed E-state index contributed by atoms with van der Waals surface area (Å²) in [5, 5.41) is 0.630. The van der Waals surface area contributed by atoms with Crippen molar-refractivity contribution >= 4 is 23.6 Å². The number of hydrogen-bond donors (Lipinski definition) is 0. The van der Waals surface area contributed by atoms with Crippen LogP contribution >= 0.6 is 11.6 Å². The monoisotopic (exact) mass is 332 g/mol. The lowest BCUT2D eigenvalue weighted by atomic mass is 9.99. The average Bonchev–Trinajstić information content (AvgIpc) is 2.52. The van der Waals surface area contributed by atoms with Crippen LogP contribution in [0.4, 0.5) is 10.1 Å². The third kappa shape index (κ3) is 4.55. The maximum absolute atomic E-state index is 13.4. The first-order valence-electron chi connectivity index (χ1n) is 7.69. The van der Waals surface area contributed by atoms with Crippen molar-refractivity contribution in [1.82, 2.24) is 4.90 Å². The summed E-state index contributed by atoms with van der Waals surface area (Å²) in [4.78, 5) is 6.42. The van der Waals surface area contributed by atoms with Crippen LogP contribution < -0.4 is 0 Å². The molecule has 0 bridgehead atoms. The van der Waals surface area contributed by atoms with Gasteiger partial charge in [-0.05, 0) is 67.6 Å². The SMILES string of the molecule is CCN(C)C=Nc1cc(C)c(Cc2ccc(F)c(C)c2)cc1Cl. The minimum absolute atomic E-state index is 0.173. The molecule has 0 aromatic heterocycles. The summed E-state index contributed by atoms with van der Waals surface area (Å²) < 4.78 is 13.4. The molecule has 0 fully saturated rings. The molecule has 0 unspecified atom stereocenters. The van der Waals surface area contributed by atoms with Crippen LogP contribution in [-0.2, 0) is 6.42 Å². The van der Waals surface area contributed by atoms with Gasteiger partial charge in [-0.15, -0.1) is 0 Å². The van der Waals surface area contributed by atoms with Gasteiger partial charge in [-0.3, -0.25) is 0 Å². The molecule has 0 aliphatic heterocycles. The van der Waals surface area contributed by atoms with E-state index < -0.39 is 0 Å². The largest absolute Gasteiger partial charge is 0.366 e. The van der Waals surface area contributed by atoms with Crippen LogP contribution in [-0.4, -0.2) is 24.8 Å². The molecule has 0 amide bonds. The molecule has 2 rings (SSSR count). The summed E-state index contributed by atoms with van der Waals surface area (Å²) in [6.07, 6.45) is 2.51. The second-order valence-electron chi connectivity index (χ2n) is 5.81. The molecule has 0 heterocycles. The molecule has 23 heavy (non-hydrogen) atoms. The van der Waals surface area contributed by atoms with Crippen molar-refractivity contribution in [2.75, 3.05) is 13.6 Å². The fourth-order valence-electron chi connectivity index (χ4n) is 2.28. The summed E-state index contributed by atoms with van der Waals surface area (Å²) in [7, 11) is 1.97. The Labute approximate surface area is 142 Å². The zero-order chi connectivity index (χ0) is 17.0. The first-order chi connectivity index (χ1) is 10.9. The number of rotatable bonds is 5. The maximum atomic E-state index is 13.4. The summed E-state index contributed by atoms with van der Waals surface area (Å²) in [5.41, 5.74) is 4.76. The second kappa shape index (κ2) is 7.60. The molecule has 122 valence electrons. The fraction of sp³-hybridized carbons (Fsp3) is 0.316. The first-order valence-corrected chi connectivity index (χ1v) is 8.07. The molecule has 0 saturated carbocycles. The van der Waals surface area contributed by atoms with Crippen LogP contribution in [0.3, 0.4) is 0 Å². The van der Waals surface area contributed by atoms with Crippen molar-refractivity contribution in [1.29, 1.82) is 0 Å². The van der Waals surface area contributed by atoms with Crippen molar-refractivity contribution < 1.29 is 4.39 Å². The standard InChI is InChI=1S/C19H22ClFN2/c1-5-23(4)12-22-19-9-13(2)16(11-17(19)20)10-15-6-7-18(21)14(3)8-15/h6-9,11-12H,5,10H2,1-4H3. The van der Waals surface area contributed by atoms with E-state index in [9.17, 15) is 4.39 Å². The Morgan fingerprint density at radius 2 is 1.91 bits per heavy atom. The Morgan fingerprint density at radius 1 is 1.17 bits per heavy atom. The minimum Gasteiger partial charge on any atom is -0.366 e. The summed E-state index contributed by atoms with van der Waals surface area (Å²) in [6, 6.07) is 9.16. The van der Waals surface area contributed by atoms with Crippen LogP contribution in [0.2, 0.25) is 5.02 Å². The average molecular weight is 333 g/mol. The van der Waals surface area contributed by atoms with Crippen LogP contribution in [0.5, 0.6) is 0 Å². The van der Waals surface area contributed by atoms with E-state index in [0.29, 0.717) is 10.6 Å². The van der Waals surface area contributed by atoms with E-state index in [1.807, 2.05) is 43.1 Å². The molecule has 2 nitrogen and oxygen atoms in total. The van der Waals surface area contributed by atoms with Gasteiger partial charge in [-0.25, -0.2) is 9.38 Å². The number of nitrogens with zero attached hydrogens (tertiary/aromatic N) is 2. The number of halogens is 2. The zero-order valence-electron chi connectivity index (χ0n) is 14.0. The molecule has 2 aromatic carbocycles. The Morgan fingerprint density at radius 3 is 2.57 bits per heavy atom.